The second kappa shape index (κ2) is 7.95. The van der Waals surface area contributed by atoms with Crippen molar-refractivity contribution in [2.45, 2.75) is 46.6 Å². The van der Waals surface area contributed by atoms with Crippen molar-refractivity contribution in [2.24, 2.45) is 5.92 Å². The van der Waals surface area contributed by atoms with E-state index in [-0.39, 0.29) is 17.9 Å². The van der Waals surface area contributed by atoms with Crippen LogP contribution in [-0.4, -0.2) is 24.4 Å². The van der Waals surface area contributed by atoms with Crippen molar-refractivity contribution >= 4 is 11.8 Å². The molecular weight excluding hydrogens is 336 g/mol. The summed E-state index contributed by atoms with van der Waals surface area (Å²) in [6.45, 7) is 8.30. The Morgan fingerprint density at radius 2 is 1.41 bits per heavy atom. The maximum absolute atomic E-state index is 12.7. The molecule has 4 nitrogen and oxygen atoms in total. The summed E-state index contributed by atoms with van der Waals surface area (Å²) in [5.41, 5.74) is 5.46. The Hall–Kier alpha value is -2.62. The number of amides is 2. The topological polar surface area (TPSA) is 58.2 Å². The summed E-state index contributed by atoms with van der Waals surface area (Å²) < 4.78 is 0. The van der Waals surface area contributed by atoms with Crippen LogP contribution in [0.1, 0.15) is 55.8 Å². The maximum Gasteiger partial charge on any atom is 0.251 e. The van der Waals surface area contributed by atoms with Crippen LogP contribution in [0.3, 0.4) is 0 Å². The van der Waals surface area contributed by atoms with E-state index in [2.05, 4.69) is 10.6 Å². The summed E-state index contributed by atoms with van der Waals surface area (Å²) in [4.78, 5) is 25.3. The molecule has 27 heavy (non-hydrogen) atoms. The average Bonchev–Trinajstić information content (AvgIpc) is 3.47. The number of rotatable bonds is 6. The Labute approximate surface area is 161 Å². The summed E-state index contributed by atoms with van der Waals surface area (Å²) in [6, 6.07) is 11.7. The Kier molecular flexibility index (Phi) is 5.64. The minimum Gasteiger partial charge on any atom is -0.350 e. The monoisotopic (exact) mass is 364 g/mol. The first-order valence-electron chi connectivity index (χ1n) is 9.58. The fourth-order valence-corrected chi connectivity index (χ4v) is 3.34. The summed E-state index contributed by atoms with van der Waals surface area (Å²) in [5.74, 6) is 0.301. The van der Waals surface area contributed by atoms with Crippen molar-refractivity contribution in [1.29, 1.82) is 0 Å². The fourth-order valence-electron chi connectivity index (χ4n) is 3.34. The molecule has 0 aliphatic heterocycles. The normalized spacial score (nSPS) is 14.5. The molecule has 2 N–H and O–H groups in total. The van der Waals surface area contributed by atoms with Crippen molar-refractivity contribution < 1.29 is 9.59 Å². The van der Waals surface area contributed by atoms with E-state index in [1.165, 1.54) is 0 Å². The molecule has 1 fully saturated rings. The van der Waals surface area contributed by atoms with Crippen molar-refractivity contribution in [2.75, 3.05) is 6.54 Å². The summed E-state index contributed by atoms with van der Waals surface area (Å²) in [6.07, 6.45) is 2.19. The Morgan fingerprint density at radius 1 is 0.889 bits per heavy atom. The molecule has 0 radical (unpaired) electrons. The van der Waals surface area contributed by atoms with E-state index < -0.39 is 0 Å². The third kappa shape index (κ3) is 4.76. The van der Waals surface area contributed by atoms with Crippen LogP contribution in [0.2, 0.25) is 0 Å². The molecule has 2 amide bonds. The molecule has 0 spiro atoms. The van der Waals surface area contributed by atoms with Crippen molar-refractivity contribution in [3.8, 4) is 0 Å². The Morgan fingerprint density at radius 3 is 1.93 bits per heavy atom. The minimum absolute atomic E-state index is 0.0357. The van der Waals surface area contributed by atoms with Gasteiger partial charge in [0.25, 0.3) is 11.8 Å². The van der Waals surface area contributed by atoms with Gasteiger partial charge < -0.3 is 10.6 Å². The van der Waals surface area contributed by atoms with Crippen LogP contribution in [0.15, 0.2) is 36.4 Å². The molecule has 0 bridgehead atoms. The van der Waals surface area contributed by atoms with Crippen LogP contribution in [0.4, 0.5) is 0 Å². The standard InChI is InChI=1S/C23H28N2O2/c1-14-5-7-16(3)19(11-14)22(26)24-13-21(18-9-10-18)25-23(27)20-12-15(2)6-8-17(20)4/h5-8,11-12,18,21H,9-10,13H2,1-4H3,(H,24,26)(H,25,27)/t21-/m0/s1. The first kappa shape index (κ1) is 19.2. The molecule has 2 aromatic carbocycles. The van der Waals surface area contributed by atoms with Crippen LogP contribution in [0.5, 0.6) is 0 Å². The van der Waals surface area contributed by atoms with Gasteiger partial charge in [-0.25, -0.2) is 0 Å². The van der Waals surface area contributed by atoms with E-state index in [1.54, 1.807) is 0 Å². The zero-order valence-corrected chi connectivity index (χ0v) is 16.6. The molecular formula is C23H28N2O2. The lowest BCUT2D eigenvalue weighted by Gasteiger charge is -2.20. The number of benzene rings is 2. The molecule has 4 heteroatoms. The van der Waals surface area contributed by atoms with Gasteiger partial charge in [-0.05, 0) is 69.7 Å². The highest BCUT2D eigenvalue weighted by atomic mass is 16.2. The summed E-state index contributed by atoms with van der Waals surface area (Å²) in [7, 11) is 0. The second-order valence-corrected chi connectivity index (χ2v) is 7.76. The molecule has 2 aromatic rings. The van der Waals surface area contributed by atoms with Gasteiger partial charge >= 0.3 is 0 Å². The van der Waals surface area contributed by atoms with E-state index in [0.717, 1.165) is 35.1 Å². The quantitative estimate of drug-likeness (QED) is 0.818. The van der Waals surface area contributed by atoms with E-state index in [4.69, 9.17) is 0 Å². The van der Waals surface area contributed by atoms with Crippen LogP contribution in [-0.2, 0) is 0 Å². The maximum atomic E-state index is 12.7. The molecule has 0 unspecified atom stereocenters. The lowest BCUT2D eigenvalue weighted by Crippen LogP contribution is -2.45. The first-order valence-corrected chi connectivity index (χ1v) is 9.58. The number of carbonyl (C=O) groups excluding carboxylic acids is 2. The number of hydrogen-bond donors (Lipinski definition) is 2. The SMILES string of the molecule is Cc1ccc(C)c(C(=O)NC[C@H](NC(=O)c2cc(C)ccc2C)C2CC2)c1. The van der Waals surface area contributed by atoms with Crippen LogP contribution in [0.25, 0.3) is 0 Å². The van der Waals surface area contributed by atoms with Crippen molar-refractivity contribution in [3.63, 3.8) is 0 Å². The highest BCUT2D eigenvalue weighted by Gasteiger charge is 2.33. The third-order valence-corrected chi connectivity index (χ3v) is 5.27. The molecule has 1 aliphatic rings. The number of hydrogen-bond acceptors (Lipinski definition) is 2. The first-order chi connectivity index (χ1) is 12.8. The van der Waals surface area contributed by atoms with Gasteiger partial charge in [-0.2, -0.15) is 0 Å². The van der Waals surface area contributed by atoms with E-state index in [9.17, 15) is 9.59 Å². The van der Waals surface area contributed by atoms with Gasteiger partial charge in [0.15, 0.2) is 0 Å². The number of carbonyl (C=O) groups is 2. The molecule has 0 saturated heterocycles. The fraction of sp³-hybridized carbons (Fsp3) is 0.391. The van der Waals surface area contributed by atoms with Gasteiger partial charge in [-0.1, -0.05) is 35.4 Å². The Balaban J connectivity index is 1.66. The predicted octanol–water partition coefficient (Wildman–Crippen LogP) is 3.86. The molecule has 1 saturated carbocycles. The van der Waals surface area contributed by atoms with E-state index in [0.29, 0.717) is 23.6 Å². The highest BCUT2D eigenvalue weighted by molar-refractivity contribution is 5.97. The van der Waals surface area contributed by atoms with Crippen molar-refractivity contribution in [3.05, 3.63) is 69.8 Å². The van der Waals surface area contributed by atoms with Gasteiger partial charge in [-0.15, -0.1) is 0 Å². The molecule has 0 aromatic heterocycles. The van der Waals surface area contributed by atoms with Crippen LogP contribution in [0, 0.1) is 33.6 Å². The number of nitrogens with one attached hydrogen (secondary N) is 2. The molecule has 1 aliphatic carbocycles. The van der Waals surface area contributed by atoms with E-state index in [1.807, 2.05) is 64.1 Å². The lowest BCUT2D eigenvalue weighted by molar-refractivity contribution is 0.0902. The largest absolute Gasteiger partial charge is 0.350 e. The molecule has 0 heterocycles. The summed E-state index contributed by atoms with van der Waals surface area (Å²) >= 11 is 0. The van der Waals surface area contributed by atoms with Gasteiger partial charge in [0.1, 0.15) is 0 Å². The second-order valence-electron chi connectivity index (χ2n) is 7.76. The third-order valence-electron chi connectivity index (χ3n) is 5.27. The van der Waals surface area contributed by atoms with E-state index >= 15 is 0 Å². The zero-order valence-electron chi connectivity index (χ0n) is 16.6. The molecule has 1 atom stereocenters. The Bertz CT molecular complexity index is 869. The average molecular weight is 364 g/mol. The molecule has 142 valence electrons. The van der Waals surface area contributed by atoms with Gasteiger partial charge in [-0.3, -0.25) is 9.59 Å². The van der Waals surface area contributed by atoms with Gasteiger partial charge in [0.05, 0.1) is 0 Å². The van der Waals surface area contributed by atoms with Gasteiger partial charge in [0.2, 0.25) is 0 Å². The predicted molar refractivity (Wildman–Crippen MR) is 108 cm³/mol. The van der Waals surface area contributed by atoms with Crippen LogP contribution >= 0.6 is 0 Å². The van der Waals surface area contributed by atoms with Crippen molar-refractivity contribution in [1.82, 2.24) is 10.6 Å². The minimum atomic E-state index is -0.0807. The highest BCUT2D eigenvalue weighted by Crippen LogP contribution is 2.32. The summed E-state index contributed by atoms with van der Waals surface area (Å²) in [5, 5.41) is 6.16. The smallest absolute Gasteiger partial charge is 0.251 e. The lowest BCUT2D eigenvalue weighted by atomic mass is 10.0. The van der Waals surface area contributed by atoms with Crippen LogP contribution < -0.4 is 10.6 Å². The molecule has 3 rings (SSSR count). The number of aryl methyl sites for hydroxylation is 4. The zero-order chi connectivity index (χ0) is 19.6. The van der Waals surface area contributed by atoms with Gasteiger partial charge in [0, 0.05) is 23.7 Å².